The van der Waals surface area contributed by atoms with Crippen molar-refractivity contribution in [2.45, 2.75) is 32.6 Å². The van der Waals surface area contributed by atoms with Crippen LogP contribution in [0, 0.1) is 5.92 Å². The Morgan fingerprint density at radius 3 is 2.47 bits per heavy atom. The van der Waals surface area contributed by atoms with Gasteiger partial charge in [-0.15, -0.1) is 10.2 Å². The summed E-state index contributed by atoms with van der Waals surface area (Å²) in [6, 6.07) is 0. The first-order valence-corrected chi connectivity index (χ1v) is 6.84. The van der Waals surface area contributed by atoms with Gasteiger partial charge >= 0.3 is 0 Å². The maximum atomic E-state index is 11.4. The van der Waals surface area contributed by atoms with E-state index in [9.17, 15) is 8.42 Å². The Balaban J connectivity index is 3.00. The van der Waals surface area contributed by atoms with Crippen molar-refractivity contribution in [2.75, 3.05) is 6.26 Å². The van der Waals surface area contributed by atoms with E-state index in [1.807, 2.05) is 0 Å². The highest BCUT2D eigenvalue weighted by atomic mass is 32.2. The first-order chi connectivity index (χ1) is 6.82. The van der Waals surface area contributed by atoms with Crippen molar-refractivity contribution in [1.82, 2.24) is 14.8 Å². The predicted octanol–water partition coefficient (Wildman–Crippen LogP) is 1.04. The molecule has 0 aliphatic carbocycles. The van der Waals surface area contributed by atoms with Crippen LogP contribution in [0.5, 0.6) is 0 Å². The molecule has 1 rings (SSSR count). The van der Waals surface area contributed by atoms with Gasteiger partial charge in [-0.3, -0.25) is 0 Å². The zero-order valence-electron chi connectivity index (χ0n) is 9.51. The third kappa shape index (κ3) is 3.02. The number of hydrogen-bond acceptors (Lipinski definition) is 4. The van der Waals surface area contributed by atoms with E-state index in [0.29, 0.717) is 11.7 Å². The quantitative estimate of drug-likeness (QED) is 0.776. The summed E-state index contributed by atoms with van der Waals surface area (Å²) in [5.74, 6) is 0.956. The summed E-state index contributed by atoms with van der Waals surface area (Å²) < 4.78 is 24.6. The number of nitrogens with zero attached hydrogens (tertiary/aromatic N) is 3. The highest BCUT2D eigenvalue weighted by Crippen LogP contribution is 2.18. The lowest BCUT2D eigenvalue weighted by atomic mass is 10.2. The van der Waals surface area contributed by atoms with Crippen LogP contribution >= 0.6 is 0 Å². The zero-order valence-corrected chi connectivity index (χ0v) is 10.3. The molecule has 0 N–H and O–H groups in total. The van der Waals surface area contributed by atoms with Crippen LogP contribution in [0.25, 0.3) is 0 Å². The summed E-state index contributed by atoms with van der Waals surface area (Å²) in [6.45, 7) is 6.50. The van der Waals surface area contributed by atoms with Crippen LogP contribution in [0.2, 0.25) is 0 Å². The molecule has 0 aromatic carbocycles. The van der Waals surface area contributed by atoms with Crippen LogP contribution in [0.4, 0.5) is 0 Å². The second-order valence-corrected chi connectivity index (χ2v) is 6.57. The molecule has 15 heavy (non-hydrogen) atoms. The Morgan fingerprint density at radius 1 is 1.40 bits per heavy atom. The molecule has 1 atom stereocenters. The van der Waals surface area contributed by atoms with E-state index < -0.39 is 15.1 Å². The van der Waals surface area contributed by atoms with Gasteiger partial charge in [-0.1, -0.05) is 13.8 Å². The van der Waals surface area contributed by atoms with Gasteiger partial charge in [0.05, 0.1) is 0 Å². The Morgan fingerprint density at radius 2 is 2.00 bits per heavy atom. The lowest BCUT2D eigenvalue weighted by Crippen LogP contribution is -2.15. The summed E-state index contributed by atoms with van der Waals surface area (Å²) >= 11 is 0. The second kappa shape index (κ2) is 4.30. The van der Waals surface area contributed by atoms with E-state index in [1.165, 1.54) is 6.26 Å². The fraction of sp³-hybridized carbons (Fsp3) is 0.778. The Labute approximate surface area is 90.4 Å². The summed E-state index contributed by atoms with van der Waals surface area (Å²) in [7, 11) is -3.11. The molecule has 1 aromatic rings. The second-order valence-electron chi connectivity index (χ2n) is 4.21. The predicted molar refractivity (Wildman–Crippen MR) is 58.1 cm³/mol. The van der Waals surface area contributed by atoms with Gasteiger partial charge in [-0.25, -0.2) is 8.42 Å². The van der Waals surface area contributed by atoms with Gasteiger partial charge in [0.25, 0.3) is 0 Å². The monoisotopic (exact) mass is 231 g/mol. The summed E-state index contributed by atoms with van der Waals surface area (Å²) in [6.07, 6.45) is 2.79. The Bertz CT molecular complexity index is 422. The molecule has 0 fully saturated rings. The van der Waals surface area contributed by atoms with Crippen LogP contribution in [-0.2, 0) is 16.4 Å². The van der Waals surface area contributed by atoms with Crippen molar-refractivity contribution in [3.63, 3.8) is 0 Å². The number of aromatic nitrogens is 3. The molecule has 0 amide bonds. The van der Waals surface area contributed by atoms with E-state index in [0.717, 1.165) is 6.54 Å². The van der Waals surface area contributed by atoms with Crippen LogP contribution in [0.3, 0.4) is 0 Å². The summed E-state index contributed by atoms with van der Waals surface area (Å²) in [4.78, 5) is 0. The number of sulfone groups is 1. The van der Waals surface area contributed by atoms with Crippen LogP contribution in [-0.4, -0.2) is 29.4 Å². The summed E-state index contributed by atoms with van der Waals surface area (Å²) in [5, 5.41) is 7.03. The van der Waals surface area contributed by atoms with E-state index in [2.05, 4.69) is 24.0 Å². The topological polar surface area (TPSA) is 64.8 Å². The van der Waals surface area contributed by atoms with Gasteiger partial charge in [0, 0.05) is 12.8 Å². The van der Waals surface area contributed by atoms with Crippen LogP contribution < -0.4 is 0 Å². The fourth-order valence-corrected chi connectivity index (χ4v) is 1.87. The van der Waals surface area contributed by atoms with Gasteiger partial charge < -0.3 is 4.57 Å². The van der Waals surface area contributed by atoms with E-state index in [-0.39, 0.29) is 0 Å². The molecular weight excluding hydrogens is 214 g/mol. The third-order valence-corrected chi connectivity index (χ3v) is 3.71. The fourth-order valence-electron chi connectivity index (χ4n) is 1.30. The van der Waals surface area contributed by atoms with E-state index >= 15 is 0 Å². The van der Waals surface area contributed by atoms with Crippen molar-refractivity contribution < 1.29 is 8.42 Å². The average Bonchev–Trinajstić information content (AvgIpc) is 2.48. The van der Waals surface area contributed by atoms with Gasteiger partial charge in [0.1, 0.15) is 11.6 Å². The molecule has 1 heterocycles. The van der Waals surface area contributed by atoms with Gasteiger partial charge in [0.15, 0.2) is 15.7 Å². The Kier molecular flexibility index (Phi) is 3.49. The van der Waals surface area contributed by atoms with E-state index in [4.69, 9.17) is 0 Å². The number of hydrogen-bond donors (Lipinski definition) is 0. The molecule has 6 heteroatoms. The molecular formula is C9H17N3O2S. The molecule has 0 spiro atoms. The normalized spacial score (nSPS) is 14.5. The molecule has 1 unspecified atom stereocenters. The summed E-state index contributed by atoms with van der Waals surface area (Å²) in [5.41, 5.74) is 0. The maximum Gasteiger partial charge on any atom is 0.157 e. The van der Waals surface area contributed by atoms with Gasteiger partial charge in [-0.05, 0) is 12.8 Å². The lowest BCUT2D eigenvalue weighted by molar-refractivity contribution is 0.502. The standard InChI is InChI=1S/C9H17N3O2S/c1-7(2)5-12-6-10-11-9(12)8(3)15(4,13)14/h6-8H,5H2,1-4H3. The highest BCUT2D eigenvalue weighted by molar-refractivity contribution is 7.90. The molecule has 0 saturated heterocycles. The molecule has 86 valence electrons. The zero-order chi connectivity index (χ0) is 11.6. The minimum Gasteiger partial charge on any atom is -0.316 e. The van der Waals surface area contributed by atoms with E-state index in [1.54, 1.807) is 17.8 Å². The smallest absolute Gasteiger partial charge is 0.157 e. The molecule has 5 nitrogen and oxygen atoms in total. The third-order valence-electron chi connectivity index (χ3n) is 2.21. The maximum absolute atomic E-state index is 11.4. The van der Waals surface area contributed by atoms with Crippen molar-refractivity contribution in [1.29, 1.82) is 0 Å². The molecule has 0 aliphatic heterocycles. The van der Waals surface area contributed by atoms with Crippen molar-refractivity contribution >= 4 is 9.84 Å². The molecule has 0 saturated carbocycles. The lowest BCUT2D eigenvalue weighted by Gasteiger charge is -2.12. The first kappa shape index (κ1) is 12.2. The largest absolute Gasteiger partial charge is 0.316 e. The van der Waals surface area contributed by atoms with Gasteiger partial charge in [0.2, 0.25) is 0 Å². The molecule has 0 bridgehead atoms. The van der Waals surface area contributed by atoms with Crippen molar-refractivity contribution in [2.24, 2.45) is 5.92 Å². The van der Waals surface area contributed by atoms with Crippen LogP contribution in [0.1, 0.15) is 31.8 Å². The van der Waals surface area contributed by atoms with Crippen LogP contribution in [0.15, 0.2) is 6.33 Å². The SMILES string of the molecule is CC(C)Cn1cnnc1C(C)S(C)(=O)=O. The highest BCUT2D eigenvalue weighted by Gasteiger charge is 2.22. The van der Waals surface area contributed by atoms with Crippen molar-refractivity contribution in [3.8, 4) is 0 Å². The van der Waals surface area contributed by atoms with Crippen molar-refractivity contribution in [3.05, 3.63) is 12.2 Å². The molecule has 1 aromatic heterocycles. The molecule has 0 aliphatic rings. The number of rotatable bonds is 4. The van der Waals surface area contributed by atoms with Gasteiger partial charge in [-0.2, -0.15) is 0 Å². The average molecular weight is 231 g/mol. The minimum atomic E-state index is -3.11. The minimum absolute atomic E-state index is 0.437. The first-order valence-electron chi connectivity index (χ1n) is 4.89. The Hall–Kier alpha value is -0.910. The molecule has 0 radical (unpaired) electrons.